The van der Waals surface area contributed by atoms with Crippen molar-refractivity contribution >= 4 is 16.9 Å². The van der Waals surface area contributed by atoms with E-state index in [1.807, 2.05) is 0 Å². The molecule has 0 saturated carbocycles. The summed E-state index contributed by atoms with van der Waals surface area (Å²) in [7, 11) is 0. The minimum Gasteiger partial charge on any atom is -0.481 e. The van der Waals surface area contributed by atoms with E-state index in [9.17, 15) is 4.79 Å². The minimum absolute atomic E-state index is 0.288. The lowest BCUT2D eigenvalue weighted by atomic mass is 10.00. The molecule has 2 aromatic rings. The molecular weight excluding hydrogens is 336 g/mol. The summed E-state index contributed by atoms with van der Waals surface area (Å²) in [6.07, 6.45) is 11.6. The van der Waals surface area contributed by atoms with Crippen molar-refractivity contribution < 1.29 is 9.90 Å². The van der Waals surface area contributed by atoms with Gasteiger partial charge in [-0.05, 0) is 43.7 Å². The highest BCUT2D eigenvalue weighted by molar-refractivity contribution is 5.85. The molecule has 0 fully saturated rings. The van der Waals surface area contributed by atoms with E-state index in [4.69, 9.17) is 10.8 Å². The standard InChI is InChI=1S/C23H36N2O2/c1-2-3-4-7-12-19-20-13-10-11-15-22(20)25(18-17-24)21(19)14-8-5-6-9-16-23(26)27/h10-11,13,15H,2-9,12,14,16-18,24H2,1H3,(H,26,27). The zero-order chi connectivity index (χ0) is 19.5. The number of carboxylic acids is 1. The Hall–Kier alpha value is -1.81. The van der Waals surface area contributed by atoms with Crippen LogP contribution in [0.2, 0.25) is 0 Å². The quantitative estimate of drug-likeness (QED) is 0.442. The Balaban J connectivity index is 2.12. The summed E-state index contributed by atoms with van der Waals surface area (Å²) in [6, 6.07) is 8.73. The summed E-state index contributed by atoms with van der Waals surface area (Å²) in [4.78, 5) is 10.6. The summed E-state index contributed by atoms with van der Waals surface area (Å²) in [5, 5.41) is 10.2. The van der Waals surface area contributed by atoms with Crippen LogP contribution in [0.15, 0.2) is 24.3 Å². The third kappa shape index (κ3) is 6.39. The molecule has 0 amide bonds. The van der Waals surface area contributed by atoms with Crippen molar-refractivity contribution in [2.24, 2.45) is 5.73 Å². The zero-order valence-corrected chi connectivity index (χ0v) is 16.9. The molecule has 150 valence electrons. The molecule has 0 saturated heterocycles. The highest BCUT2D eigenvalue weighted by atomic mass is 16.4. The predicted molar refractivity (Wildman–Crippen MR) is 113 cm³/mol. The van der Waals surface area contributed by atoms with E-state index in [1.165, 1.54) is 47.8 Å². The number of nitrogens with zero attached hydrogens (tertiary/aromatic N) is 1. The Kier molecular flexibility index (Phi) is 9.40. The van der Waals surface area contributed by atoms with E-state index in [1.54, 1.807) is 0 Å². The fraction of sp³-hybridized carbons (Fsp3) is 0.609. The van der Waals surface area contributed by atoms with Crippen LogP contribution in [0.25, 0.3) is 10.9 Å². The summed E-state index contributed by atoms with van der Waals surface area (Å²) in [5.41, 5.74) is 10.2. The SMILES string of the molecule is CCCCCCc1c(CCCCCCC(=O)O)n(CCN)c2ccccc12. The van der Waals surface area contributed by atoms with Crippen molar-refractivity contribution in [3.05, 3.63) is 35.5 Å². The number of fused-ring (bicyclic) bond motifs is 1. The first-order valence-electron chi connectivity index (χ1n) is 10.7. The molecule has 0 aliphatic rings. The van der Waals surface area contributed by atoms with E-state index < -0.39 is 5.97 Å². The Morgan fingerprint density at radius 2 is 1.70 bits per heavy atom. The van der Waals surface area contributed by atoms with Crippen LogP contribution in [-0.2, 0) is 24.2 Å². The average Bonchev–Trinajstić information content (AvgIpc) is 2.95. The van der Waals surface area contributed by atoms with Crippen molar-refractivity contribution in [2.45, 2.75) is 84.1 Å². The van der Waals surface area contributed by atoms with Gasteiger partial charge in [0.2, 0.25) is 0 Å². The number of carboxylic acid groups (broad SMARTS) is 1. The number of carbonyl (C=O) groups is 1. The first-order valence-corrected chi connectivity index (χ1v) is 10.7. The molecule has 0 radical (unpaired) electrons. The van der Waals surface area contributed by atoms with Gasteiger partial charge in [0.1, 0.15) is 0 Å². The van der Waals surface area contributed by atoms with E-state index >= 15 is 0 Å². The molecule has 3 N–H and O–H groups in total. The van der Waals surface area contributed by atoms with Crippen molar-refractivity contribution in [1.29, 1.82) is 0 Å². The van der Waals surface area contributed by atoms with Crippen molar-refractivity contribution in [3.63, 3.8) is 0 Å². The first kappa shape index (κ1) is 21.5. The maximum absolute atomic E-state index is 10.6. The van der Waals surface area contributed by atoms with Crippen LogP contribution in [-0.4, -0.2) is 22.2 Å². The van der Waals surface area contributed by atoms with Gasteiger partial charge in [-0.2, -0.15) is 0 Å². The molecule has 0 atom stereocenters. The van der Waals surface area contributed by atoms with Gasteiger partial charge in [-0.25, -0.2) is 0 Å². The lowest BCUT2D eigenvalue weighted by molar-refractivity contribution is -0.137. The van der Waals surface area contributed by atoms with Crippen molar-refractivity contribution in [3.8, 4) is 0 Å². The van der Waals surface area contributed by atoms with Gasteiger partial charge in [-0.3, -0.25) is 4.79 Å². The molecule has 1 heterocycles. The number of aromatic nitrogens is 1. The second-order valence-electron chi connectivity index (χ2n) is 7.50. The second kappa shape index (κ2) is 11.8. The van der Waals surface area contributed by atoms with Gasteiger partial charge in [0.25, 0.3) is 0 Å². The van der Waals surface area contributed by atoms with Gasteiger partial charge in [-0.15, -0.1) is 0 Å². The van der Waals surface area contributed by atoms with Crippen LogP contribution in [0.3, 0.4) is 0 Å². The number of hydrogen-bond donors (Lipinski definition) is 2. The number of aryl methyl sites for hydroxylation is 1. The molecule has 0 aliphatic carbocycles. The summed E-state index contributed by atoms with van der Waals surface area (Å²) in [6.45, 7) is 3.77. The van der Waals surface area contributed by atoms with E-state index in [0.29, 0.717) is 6.54 Å². The lowest BCUT2D eigenvalue weighted by Gasteiger charge is -2.12. The van der Waals surface area contributed by atoms with Gasteiger partial charge in [0, 0.05) is 36.1 Å². The maximum atomic E-state index is 10.6. The number of rotatable bonds is 14. The fourth-order valence-corrected chi connectivity index (χ4v) is 4.03. The van der Waals surface area contributed by atoms with Crippen LogP contribution in [0, 0.1) is 0 Å². The molecule has 1 aromatic carbocycles. The smallest absolute Gasteiger partial charge is 0.303 e. The number of nitrogens with two attached hydrogens (primary N) is 1. The third-order valence-corrected chi connectivity index (χ3v) is 5.38. The topological polar surface area (TPSA) is 68.2 Å². The van der Waals surface area contributed by atoms with Crippen LogP contribution >= 0.6 is 0 Å². The largest absolute Gasteiger partial charge is 0.481 e. The molecule has 27 heavy (non-hydrogen) atoms. The van der Waals surface area contributed by atoms with Crippen LogP contribution in [0.1, 0.15) is 76.0 Å². The van der Waals surface area contributed by atoms with Gasteiger partial charge < -0.3 is 15.4 Å². The normalized spacial score (nSPS) is 11.3. The summed E-state index contributed by atoms with van der Waals surface area (Å²) >= 11 is 0. The van der Waals surface area contributed by atoms with Gasteiger partial charge >= 0.3 is 5.97 Å². The second-order valence-corrected chi connectivity index (χ2v) is 7.50. The maximum Gasteiger partial charge on any atom is 0.303 e. The zero-order valence-electron chi connectivity index (χ0n) is 16.9. The highest BCUT2D eigenvalue weighted by Crippen LogP contribution is 2.29. The van der Waals surface area contributed by atoms with Crippen molar-refractivity contribution in [1.82, 2.24) is 4.57 Å². The van der Waals surface area contributed by atoms with Gasteiger partial charge in [0.15, 0.2) is 0 Å². The molecule has 4 nitrogen and oxygen atoms in total. The van der Waals surface area contributed by atoms with Gasteiger partial charge in [0.05, 0.1) is 0 Å². The monoisotopic (exact) mass is 372 g/mol. The van der Waals surface area contributed by atoms with E-state index in [0.717, 1.165) is 45.1 Å². The Morgan fingerprint density at radius 3 is 2.44 bits per heavy atom. The highest BCUT2D eigenvalue weighted by Gasteiger charge is 2.16. The Bertz CT molecular complexity index is 706. The summed E-state index contributed by atoms with van der Waals surface area (Å²) < 4.78 is 2.43. The first-order chi connectivity index (χ1) is 13.2. The van der Waals surface area contributed by atoms with E-state index in [2.05, 4.69) is 35.8 Å². The average molecular weight is 373 g/mol. The minimum atomic E-state index is -0.688. The molecule has 1 aromatic heterocycles. The van der Waals surface area contributed by atoms with Crippen LogP contribution in [0.5, 0.6) is 0 Å². The number of benzene rings is 1. The predicted octanol–water partition coefficient (Wildman–Crippen LogP) is 5.30. The van der Waals surface area contributed by atoms with E-state index in [-0.39, 0.29) is 6.42 Å². The molecule has 0 aliphatic heterocycles. The fourth-order valence-electron chi connectivity index (χ4n) is 4.03. The number of para-hydroxylation sites is 1. The van der Waals surface area contributed by atoms with Crippen LogP contribution < -0.4 is 5.73 Å². The summed E-state index contributed by atoms with van der Waals surface area (Å²) in [5.74, 6) is -0.688. The van der Waals surface area contributed by atoms with Gasteiger partial charge in [-0.1, -0.05) is 57.2 Å². The number of aliphatic carboxylic acids is 1. The van der Waals surface area contributed by atoms with Crippen molar-refractivity contribution in [2.75, 3.05) is 6.54 Å². The lowest BCUT2D eigenvalue weighted by Crippen LogP contribution is -2.13. The number of hydrogen-bond acceptors (Lipinski definition) is 2. The molecule has 4 heteroatoms. The molecule has 0 spiro atoms. The molecule has 0 bridgehead atoms. The molecule has 2 rings (SSSR count). The number of unbranched alkanes of at least 4 members (excludes halogenated alkanes) is 6. The Morgan fingerprint density at radius 1 is 1.00 bits per heavy atom. The third-order valence-electron chi connectivity index (χ3n) is 5.38. The Labute approximate surface area is 163 Å². The van der Waals surface area contributed by atoms with Crippen LogP contribution in [0.4, 0.5) is 0 Å². The molecular formula is C23H36N2O2. The molecule has 0 unspecified atom stereocenters.